The van der Waals surface area contributed by atoms with Crippen molar-refractivity contribution >= 4 is 26.7 Å². The van der Waals surface area contributed by atoms with E-state index in [0.717, 1.165) is 17.2 Å². The zero-order chi connectivity index (χ0) is 17.2. The third kappa shape index (κ3) is 3.43. The Balaban J connectivity index is 1.86. The fraction of sp³-hybridized carbons (Fsp3) is 0.353. The lowest BCUT2D eigenvalue weighted by Gasteiger charge is -2.33. The highest BCUT2D eigenvalue weighted by atomic mass is 32.2. The molecule has 1 aliphatic heterocycles. The number of carbonyl (C=O) groups is 1. The van der Waals surface area contributed by atoms with Crippen LogP contribution in [0.3, 0.4) is 0 Å². The van der Waals surface area contributed by atoms with Crippen molar-refractivity contribution in [2.24, 2.45) is 0 Å². The number of benzene rings is 2. The van der Waals surface area contributed by atoms with Crippen molar-refractivity contribution < 1.29 is 18.4 Å². The predicted molar refractivity (Wildman–Crippen MR) is 90.8 cm³/mol. The van der Waals surface area contributed by atoms with E-state index in [2.05, 4.69) is 0 Å². The quantitative estimate of drug-likeness (QED) is 0.654. The van der Waals surface area contributed by atoms with Gasteiger partial charge in [0.25, 0.3) is 5.91 Å². The highest BCUT2D eigenvalue weighted by Gasteiger charge is 2.36. The third-order valence-corrected chi connectivity index (χ3v) is 6.24. The molecule has 24 heavy (non-hydrogen) atoms. The standard InChI is InChI=1S/C17H20N2O4S/c20-17(18-21)16-7-3-4-10-19(16)24(22,23)12-13-8-9-14-5-1-2-6-15(14)11-13/h1-2,5-6,8-9,11,16,21H,3-4,7,10,12H2,(H,18,20). The van der Waals surface area contributed by atoms with Crippen LogP contribution in [0, 0.1) is 0 Å². The number of piperidine rings is 1. The second kappa shape index (κ2) is 6.88. The number of hydroxylamine groups is 1. The normalized spacial score (nSPS) is 19.3. The first-order chi connectivity index (χ1) is 11.5. The van der Waals surface area contributed by atoms with Crippen molar-refractivity contribution in [1.82, 2.24) is 9.79 Å². The highest BCUT2D eigenvalue weighted by molar-refractivity contribution is 7.88. The van der Waals surface area contributed by atoms with E-state index in [1.165, 1.54) is 4.31 Å². The summed E-state index contributed by atoms with van der Waals surface area (Å²) >= 11 is 0. The maximum absolute atomic E-state index is 12.8. The van der Waals surface area contributed by atoms with Crippen LogP contribution in [0.2, 0.25) is 0 Å². The lowest BCUT2D eigenvalue weighted by atomic mass is 10.0. The second-order valence-electron chi connectivity index (χ2n) is 6.04. The molecule has 1 unspecified atom stereocenters. The molecule has 0 aliphatic carbocycles. The molecule has 0 bridgehead atoms. The van der Waals surface area contributed by atoms with Gasteiger partial charge in [-0.25, -0.2) is 13.9 Å². The lowest BCUT2D eigenvalue weighted by Crippen LogP contribution is -2.51. The Bertz CT molecular complexity index is 851. The average Bonchev–Trinajstić information content (AvgIpc) is 2.60. The van der Waals surface area contributed by atoms with Gasteiger partial charge in [0.05, 0.1) is 5.75 Å². The second-order valence-corrected chi connectivity index (χ2v) is 7.96. The van der Waals surface area contributed by atoms with E-state index in [0.29, 0.717) is 24.9 Å². The highest BCUT2D eigenvalue weighted by Crippen LogP contribution is 2.24. The van der Waals surface area contributed by atoms with Crippen molar-refractivity contribution in [3.05, 3.63) is 48.0 Å². The summed E-state index contributed by atoms with van der Waals surface area (Å²) in [6, 6.07) is 12.5. The molecule has 6 nitrogen and oxygen atoms in total. The molecule has 0 radical (unpaired) electrons. The molecule has 0 spiro atoms. The number of nitrogens with one attached hydrogen (secondary N) is 1. The van der Waals surface area contributed by atoms with Crippen LogP contribution in [-0.4, -0.2) is 36.4 Å². The fourth-order valence-corrected chi connectivity index (χ4v) is 4.96. The molecule has 1 aliphatic rings. The number of rotatable bonds is 4. The zero-order valence-corrected chi connectivity index (χ0v) is 14.0. The number of sulfonamides is 1. The van der Waals surface area contributed by atoms with Crippen LogP contribution in [0.1, 0.15) is 24.8 Å². The van der Waals surface area contributed by atoms with Crippen LogP contribution in [0.4, 0.5) is 0 Å². The lowest BCUT2D eigenvalue weighted by molar-refractivity contribution is -0.134. The van der Waals surface area contributed by atoms with Crippen LogP contribution < -0.4 is 5.48 Å². The molecule has 3 rings (SSSR count). The molecule has 1 heterocycles. The van der Waals surface area contributed by atoms with Crippen molar-refractivity contribution in [2.75, 3.05) is 6.54 Å². The van der Waals surface area contributed by atoms with Gasteiger partial charge in [0.15, 0.2) is 0 Å². The van der Waals surface area contributed by atoms with Crippen molar-refractivity contribution in [2.45, 2.75) is 31.1 Å². The van der Waals surface area contributed by atoms with Crippen LogP contribution in [0.15, 0.2) is 42.5 Å². The van der Waals surface area contributed by atoms with Gasteiger partial charge in [-0.1, -0.05) is 48.9 Å². The Hall–Kier alpha value is -1.96. The first kappa shape index (κ1) is 16.9. The molecule has 1 saturated heterocycles. The Morgan fingerprint density at radius 2 is 1.92 bits per heavy atom. The van der Waals surface area contributed by atoms with Crippen molar-refractivity contribution in [3.63, 3.8) is 0 Å². The summed E-state index contributed by atoms with van der Waals surface area (Å²) in [7, 11) is -3.65. The summed E-state index contributed by atoms with van der Waals surface area (Å²) in [5.74, 6) is -0.829. The molecule has 128 valence electrons. The van der Waals surface area contributed by atoms with E-state index in [4.69, 9.17) is 5.21 Å². The van der Waals surface area contributed by atoms with Crippen molar-refractivity contribution in [3.8, 4) is 0 Å². The Labute approximate surface area is 141 Å². The van der Waals surface area contributed by atoms with Crippen molar-refractivity contribution in [1.29, 1.82) is 0 Å². The molecule has 1 fully saturated rings. The van der Waals surface area contributed by atoms with Gasteiger partial charge in [-0.15, -0.1) is 0 Å². The van der Waals surface area contributed by atoms with Gasteiger partial charge in [0.1, 0.15) is 6.04 Å². The number of nitrogens with zero attached hydrogens (tertiary/aromatic N) is 1. The van der Waals surface area contributed by atoms with Crippen LogP contribution in [0.25, 0.3) is 10.8 Å². The number of hydrogen-bond donors (Lipinski definition) is 2. The molecule has 0 aromatic heterocycles. The minimum Gasteiger partial charge on any atom is -0.289 e. The minimum atomic E-state index is -3.65. The summed E-state index contributed by atoms with van der Waals surface area (Å²) in [6.45, 7) is 0.300. The van der Waals surface area contributed by atoms with Crippen LogP contribution in [-0.2, 0) is 20.6 Å². The minimum absolute atomic E-state index is 0.160. The molecule has 1 atom stereocenters. The Morgan fingerprint density at radius 1 is 1.17 bits per heavy atom. The summed E-state index contributed by atoms with van der Waals surface area (Å²) in [6.07, 6.45) is 1.90. The van der Waals surface area contributed by atoms with E-state index in [9.17, 15) is 13.2 Å². The van der Waals surface area contributed by atoms with Gasteiger partial charge in [0.2, 0.25) is 10.0 Å². The topological polar surface area (TPSA) is 86.7 Å². The van der Waals surface area contributed by atoms with Crippen LogP contribution >= 0.6 is 0 Å². The van der Waals surface area contributed by atoms with E-state index >= 15 is 0 Å². The van der Waals surface area contributed by atoms with E-state index in [1.807, 2.05) is 36.4 Å². The Kier molecular flexibility index (Phi) is 4.84. The van der Waals surface area contributed by atoms with Gasteiger partial charge in [-0.2, -0.15) is 4.31 Å². The first-order valence-electron chi connectivity index (χ1n) is 7.92. The summed E-state index contributed by atoms with van der Waals surface area (Å²) in [5, 5.41) is 10.9. The Morgan fingerprint density at radius 3 is 2.67 bits per heavy atom. The number of amides is 1. The maximum Gasteiger partial charge on any atom is 0.261 e. The molecule has 1 amide bonds. The molecule has 2 N–H and O–H groups in total. The van der Waals surface area contributed by atoms with E-state index < -0.39 is 22.0 Å². The third-order valence-electron chi connectivity index (χ3n) is 4.39. The fourth-order valence-electron chi connectivity index (χ4n) is 3.20. The molecular formula is C17H20N2O4S. The molecule has 0 saturated carbocycles. The summed E-state index contributed by atoms with van der Waals surface area (Å²) < 4.78 is 26.8. The molecule has 2 aromatic rings. The first-order valence-corrected chi connectivity index (χ1v) is 9.53. The summed E-state index contributed by atoms with van der Waals surface area (Å²) in [5.41, 5.74) is 2.26. The van der Waals surface area contributed by atoms with E-state index in [-0.39, 0.29) is 5.75 Å². The summed E-state index contributed by atoms with van der Waals surface area (Å²) in [4.78, 5) is 11.8. The predicted octanol–water partition coefficient (Wildman–Crippen LogP) is 2.03. The van der Waals surface area contributed by atoms with Gasteiger partial charge >= 0.3 is 0 Å². The molecule has 7 heteroatoms. The van der Waals surface area contributed by atoms with Gasteiger partial charge in [0, 0.05) is 6.54 Å². The molecular weight excluding hydrogens is 328 g/mol. The van der Waals surface area contributed by atoms with Gasteiger partial charge in [-0.05, 0) is 29.2 Å². The number of fused-ring (bicyclic) bond motifs is 1. The SMILES string of the molecule is O=C(NO)C1CCCCN1S(=O)(=O)Cc1ccc2ccccc2c1. The largest absolute Gasteiger partial charge is 0.289 e. The number of carbonyl (C=O) groups excluding carboxylic acids is 1. The maximum atomic E-state index is 12.8. The molecule has 2 aromatic carbocycles. The van der Waals surface area contributed by atoms with Gasteiger partial charge < -0.3 is 0 Å². The smallest absolute Gasteiger partial charge is 0.261 e. The monoisotopic (exact) mass is 348 g/mol. The average molecular weight is 348 g/mol. The van der Waals surface area contributed by atoms with E-state index in [1.54, 1.807) is 11.5 Å². The zero-order valence-electron chi connectivity index (χ0n) is 13.2. The van der Waals surface area contributed by atoms with Crippen LogP contribution in [0.5, 0.6) is 0 Å². The number of hydrogen-bond acceptors (Lipinski definition) is 4. The van der Waals surface area contributed by atoms with Gasteiger partial charge in [-0.3, -0.25) is 10.0 Å².